The molecule has 1 aliphatic carbocycles. The number of likely N-dealkylation sites (tertiary alicyclic amines) is 1. The quantitative estimate of drug-likeness (QED) is 0.643. The third kappa shape index (κ3) is 3.41. The number of hydrogen-bond acceptors (Lipinski definition) is 4. The topological polar surface area (TPSA) is 60.5 Å². The summed E-state index contributed by atoms with van der Waals surface area (Å²) in [5.41, 5.74) is 1.83. The Balaban J connectivity index is 1.26. The van der Waals surface area contributed by atoms with Crippen LogP contribution in [0.1, 0.15) is 60.7 Å². The van der Waals surface area contributed by atoms with Gasteiger partial charge in [-0.25, -0.2) is 0 Å². The molecule has 0 radical (unpaired) electrons. The van der Waals surface area contributed by atoms with Crippen LogP contribution in [0, 0.1) is 6.92 Å². The molecule has 5 rings (SSSR count). The van der Waals surface area contributed by atoms with Gasteiger partial charge in [-0.3, -0.25) is 4.79 Å². The van der Waals surface area contributed by atoms with Crippen molar-refractivity contribution in [1.29, 1.82) is 0 Å². The number of rotatable bonds is 4. The first-order valence-electron chi connectivity index (χ1n) is 10.7. The van der Waals surface area contributed by atoms with Crippen molar-refractivity contribution in [2.45, 2.75) is 57.6 Å². The maximum Gasteiger partial charge on any atom is 0.259 e. The Morgan fingerprint density at radius 1 is 1.14 bits per heavy atom. The number of ether oxygens (including phenoxy) is 1. The van der Waals surface area contributed by atoms with Crippen LogP contribution in [-0.4, -0.2) is 39.7 Å². The number of piperidine rings is 1. The summed E-state index contributed by atoms with van der Waals surface area (Å²) in [5, 5.41) is 4.91. The van der Waals surface area contributed by atoms with Crippen LogP contribution < -0.4 is 4.74 Å². The first-order valence-corrected chi connectivity index (χ1v) is 10.7. The van der Waals surface area contributed by atoms with Gasteiger partial charge in [0.25, 0.3) is 5.91 Å². The zero-order valence-electron chi connectivity index (χ0n) is 16.8. The SMILES string of the molecule is Cc1oncc1C(=O)N1CCC(Oc2cccc3c2ccn3C2CCCC2)CC1. The van der Waals surface area contributed by atoms with Crippen LogP contribution in [0.4, 0.5) is 0 Å². The Hall–Kier alpha value is -2.76. The van der Waals surface area contributed by atoms with Gasteiger partial charge in [-0.1, -0.05) is 24.1 Å². The minimum Gasteiger partial charge on any atom is -0.490 e. The van der Waals surface area contributed by atoms with E-state index < -0.39 is 0 Å². The van der Waals surface area contributed by atoms with E-state index in [9.17, 15) is 4.79 Å². The Bertz CT molecular complexity index is 1010. The summed E-state index contributed by atoms with van der Waals surface area (Å²) in [4.78, 5) is 14.5. The highest BCUT2D eigenvalue weighted by Gasteiger charge is 2.27. The molecule has 2 aromatic heterocycles. The Kier molecular flexibility index (Phi) is 4.78. The third-order valence-corrected chi connectivity index (χ3v) is 6.45. The molecular formula is C23H27N3O3. The molecule has 0 bridgehead atoms. The second-order valence-corrected chi connectivity index (χ2v) is 8.26. The van der Waals surface area contributed by atoms with Gasteiger partial charge in [-0.2, -0.15) is 0 Å². The van der Waals surface area contributed by atoms with E-state index in [4.69, 9.17) is 9.26 Å². The molecule has 1 aliphatic heterocycles. The molecule has 152 valence electrons. The van der Waals surface area contributed by atoms with Crippen molar-refractivity contribution in [2.75, 3.05) is 13.1 Å². The predicted octanol–water partition coefficient (Wildman–Crippen LogP) is 4.74. The fourth-order valence-electron chi connectivity index (χ4n) is 4.79. The summed E-state index contributed by atoms with van der Waals surface area (Å²) >= 11 is 0. The molecule has 1 aromatic carbocycles. The Labute approximate surface area is 170 Å². The van der Waals surface area contributed by atoms with Crippen LogP contribution in [-0.2, 0) is 0 Å². The minimum atomic E-state index is -0.00191. The van der Waals surface area contributed by atoms with Crippen molar-refractivity contribution in [2.24, 2.45) is 0 Å². The zero-order valence-corrected chi connectivity index (χ0v) is 16.8. The monoisotopic (exact) mass is 393 g/mol. The van der Waals surface area contributed by atoms with Crippen molar-refractivity contribution in [1.82, 2.24) is 14.6 Å². The Morgan fingerprint density at radius 2 is 1.93 bits per heavy atom. The van der Waals surface area contributed by atoms with Gasteiger partial charge >= 0.3 is 0 Å². The molecule has 1 amide bonds. The lowest BCUT2D eigenvalue weighted by Gasteiger charge is -2.32. The highest BCUT2D eigenvalue weighted by Crippen LogP contribution is 2.36. The lowest BCUT2D eigenvalue weighted by Crippen LogP contribution is -2.41. The lowest BCUT2D eigenvalue weighted by atomic mass is 10.1. The van der Waals surface area contributed by atoms with Crippen LogP contribution >= 0.6 is 0 Å². The number of carbonyl (C=O) groups excluding carboxylic acids is 1. The van der Waals surface area contributed by atoms with Gasteiger partial charge in [0.05, 0.1) is 11.7 Å². The predicted molar refractivity (Wildman–Crippen MR) is 110 cm³/mol. The summed E-state index contributed by atoms with van der Waals surface area (Å²) < 4.78 is 13.9. The van der Waals surface area contributed by atoms with Crippen LogP contribution in [0.3, 0.4) is 0 Å². The molecular weight excluding hydrogens is 366 g/mol. The van der Waals surface area contributed by atoms with Gasteiger partial charge in [0.1, 0.15) is 23.2 Å². The number of benzene rings is 1. The van der Waals surface area contributed by atoms with Gasteiger partial charge < -0.3 is 18.7 Å². The second kappa shape index (κ2) is 7.58. The maximum atomic E-state index is 12.6. The number of carbonyl (C=O) groups is 1. The van der Waals surface area contributed by atoms with Gasteiger partial charge in [0, 0.05) is 43.6 Å². The van der Waals surface area contributed by atoms with Crippen molar-refractivity contribution in [3.8, 4) is 5.75 Å². The van der Waals surface area contributed by atoms with Gasteiger partial charge in [-0.15, -0.1) is 0 Å². The number of hydrogen-bond donors (Lipinski definition) is 0. The fourth-order valence-corrected chi connectivity index (χ4v) is 4.79. The molecule has 1 saturated heterocycles. The molecule has 2 fully saturated rings. The average Bonchev–Trinajstić information content (AvgIpc) is 3.48. The number of aromatic nitrogens is 2. The van der Waals surface area contributed by atoms with E-state index in [-0.39, 0.29) is 12.0 Å². The van der Waals surface area contributed by atoms with E-state index in [2.05, 4.69) is 40.2 Å². The third-order valence-electron chi connectivity index (χ3n) is 6.45. The molecule has 6 heteroatoms. The summed E-state index contributed by atoms with van der Waals surface area (Å²) in [7, 11) is 0. The number of aryl methyl sites for hydroxylation is 1. The molecule has 29 heavy (non-hydrogen) atoms. The average molecular weight is 393 g/mol. The second-order valence-electron chi connectivity index (χ2n) is 8.26. The molecule has 0 atom stereocenters. The fraction of sp³-hybridized carbons (Fsp3) is 0.478. The summed E-state index contributed by atoms with van der Waals surface area (Å²) in [6, 6.07) is 9.17. The van der Waals surface area contributed by atoms with Crippen molar-refractivity contribution >= 4 is 16.8 Å². The molecule has 6 nitrogen and oxygen atoms in total. The van der Waals surface area contributed by atoms with E-state index >= 15 is 0 Å². The first kappa shape index (κ1) is 18.3. The molecule has 3 aromatic rings. The van der Waals surface area contributed by atoms with Crippen LogP contribution in [0.2, 0.25) is 0 Å². The molecule has 2 aliphatic rings. The van der Waals surface area contributed by atoms with Crippen LogP contribution in [0.5, 0.6) is 5.75 Å². The van der Waals surface area contributed by atoms with Crippen LogP contribution in [0.25, 0.3) is 10.9 Å². The van der Waals surface area contributed by atoms with Crippen molar-refractivity contribution < 1.29 is 14.1 Å². The van der Waals surface area contributed by atoms with Crippen molar-refractivity contribution in [3.05, 3.63) is 48.0 Å². The highest BCUT2D eigenvalue weighted by molar-refractivity contribution is 5.94. The molecule has 1 saturated carbocycles. The lowest BCUT2D eigenvalue weighted by molar-refractivity contribution is 0.0596. The van der Waals surface area contributed by atoms with E-state index in [1.165, 1.54) is 42.8 Å². The number of amides is 1. The smallest absolute Gasteiger partial charge is 0.259 e. The van der Waals surface area contributed by atoms with Gasteiger partial charge in [-0.05, 0) is 38.0 Å². The normalized spacial score (nSPS) is 18.6. The van der Waals surface area contributed by atoms with E-state index in [1.807, 2.05) is 4.90 Å². The number of fused-ring (bicyclic) bond motifs is 1. The molecule has 0 unspecified atom stereocenters. The van der Waals surface area contributed by atoms with Crippen molar-refractivity contribution in [3.63, 3.8) is 0 Å². The zero-order chi connectivity index (χ0) is 19.8. The largest absolute Gasteiger partial charge is 0.490 e. The summed E-state index contributed by atoms with van der Waals surface area (Å²) in [6.07, 6.45) is 10.7. The molecule has 0 N–H and O–H groups in total. The number of nitrogens with zero attached hydrogens (tertiary/aromatic N) is 3. The Morgan fingerprint density at radius 3 is 2.66 bits per heavy atom. The van der Waals surface area contributed by atoms with E-state index in [0.717, 1.165) is 18.6 Å². The van der Waals surface area contributed by atoms with Gasteiger partial charge in [0.2, 0.25) is 0 Å². The molecule has 0 spiro atoms. The van der Waals surface area contributed by atoms with Gasteiger partial charge in [0.15, 0.2) is 0 Å². The minimum absolute atomic E-state index is 0.00191. The summed E-state index contributed by atoms with van der Waals surface area (Å²) in [6.45, 7) is 3.15. The highest BCUT2D eigenvalue weighted by atomic mass is 16.5. The first-order chi connectivity index (χ1) is 14.2. The maximum absolute atomic E-state index is 12.6. The van der Waals surface area contributed by atoms with Crippen LogP contribution in [0.15, 0.2) is 41.2 Å². The van der Waals surface area contributed by atoms with E-state index in [1.54, 1.807) is 6.92 Å². The molecule has 3 heterocycles. The standard InChI is InChI=1S/C23H27N3O3/c1-16-20(15-24-29-16)23(27)25-12-9-18(10-13-25)28-22-8-4-7-21-19(22)11-14-26(21)17-5-2-3-6-17/h4,7-8,11,14-15,17-18H,2-3,5-6,9-10,12-13H2,1H3. The van der Waals surface area contributed by atoms with E-state index in [0.29, 0.717) is 30.5 Å². The summed E-state index contributed by atoms with van der Waals surface area (Å²) in [5.74, 6) is 1.53.